The Labute approximate surface area is 133 Å². The average Bonchev–Trinajstić information content (AvgIpc) is 2.86. The van der Waals surface area contributed by atoms with E-state index < -0.39 is 0 Å². The number of rotatable bonds is 5. The summed E-state index contributed by atoms with van der Waals surface area (Å²) in [5.74, 6) is -0.354. The van der Waals surface area contributed by atoms with E-state index in [4.69, 9.17) is 27.9 Å². The molecule has 6 heteroatoms. The fraction of sp³-hybridized carbons (Fsp3) is 0.333. The first-order valence-electron chi connectivity index (χ1n) is 6.77. The summed E-state index contributed by atoms with van der Waals surface area (Å²) in [6.45, 7) is 4.16. The van der Waals surface area contributed by atoms with Gasteiger partial charge in [-0.25, -0.2) is 9.48 Å². The topological polar surface area (TPSA) is 44.1 Å². The minimum Gasteiger partial charge on any atom is -0.462 e. The SMILES string of the molecule is CCCc1c(C(=O)OCC)cnn1-c1ccc(Cl)c(Cl)c1. The summed E-state index contributed by atoms with van der Waals surface area (Å²) in [7, 11) is 0. The maximum absolute atomic E-state index is 12.0. The first kappa shape index (κ1) is 15.9. The molecule has 0 aliphatic heterocycles. The summed E-state index contributed by atoms with van der Waals surface area (Å²) < 4.78 is 6.77. The van der Waals surface area contributed by atoms with Crippen LogP contribution in [-0.4, -0.2) is 22.4 Å². The number of carbonyl (C=O) groups is 1. The van der Waals surface area contributed by atoms with E-state index in [0.29, 0.717) is 28.6 Å². The Hall–Kier alpha value is -1.52. The molecule has 0 N–H and O–H groups in total. The Morgan fingerprint density at radius 3 is 2.67 bits per heavy atom. The zero-order valence-corrected chi connectivity index (χ0v) is 13.4. The Balaban J connectivity index is 2.48. The number of halogens is 2. The van der Waals surface area contributed by atoms with Crippen LogP contribution < -0.4 is 0 Å². The highest BCUT2D eigenvalue weighted by Crippen LogP contribution is 2.26. The van der Waals surface area contributed by atoms with Gasteiger partial charge in [0, 0.05) is 0 Å². The number of hydrogen-bond acceptors (Lipinski definition) is 3. The molecule has 2 aromatic rings. The van der Waals surface area contributed by atoms with Gasteiger partial charge in [0.05, 0.1) is 34.2 Å². The van der Waals surface area contributed by atoms with Crippen LogP contribution in [0.5, 0.6) is 0 Å². The Morgan fingerprint density at radius 1 is 1.29 bits per heavy atom. The minimum atomic E-state index is -0.354. The van der Waals surface area contributed by atoms with Gasteiger partial charge in [-0.1, -0.05) is 36.5 Å². The predicted octanol–water partition coefficient (Wildman–Crippen LogP) is 4.31. The molecule has 0 aliphatic rings. The van der Waals surface area contributed by atoms with Crippen LogP contribution in [0, 0.1) is 0 Å². The van der Waals surface area contributed by atoms with Gasteiger partial charge in [0.15, 0.2) is 0 Å². The third kappa shape index (κ3) is 3.39. The van der Waals surface area contributed by atoms with Gasteiger partial charge in [-0.05, 0) is 31.5 Å². The van der Waals surface area contributed by atoms with E-state index in [9.17, 15) is 4.79 Å². The van der Waals surface area contributed by atoms with Crippen molar-refractivity contribution in [3.8, 4) is 5.69 Å². The molecule has 0 aliphatic carbocycles. The van der Waals surface area contributed by atoms with Crippen molar-refractivity contribution < 1.29 is 9.53 Å². The van der Waals surface area contributed by atoms with Crippen molar-refractivity contribution in [1.29, 1.82) is 0 Å². The standard InChI is InChI=1S/C15H16Cl2N2O2/c1-3-5-14-11(15(20)21-4-2)9-18-19(14)10-6-7-12(16)13(17)8-10/h6-9H,3-5H2,1-2H3. The molecule has 0 spiro atoms. The third-order valence-corrected chi connectivity index (χ3v) is 3.74. The molecule has 1 heterocycles. The fourth-order valence-corrected chi connectivity index (χ4v) is 2.36. The summed E-state index contributed by atoms with van der Waals surface area (Å²) >= 11 is 12.0. The van der Waals surface area contributed by atoms with Crippen molar-refractivity contribution >= 4 is 29.2 Å². The molecule has 0 fully saturated rings. The van der Waals surface area contributed by atoms with E-state index in [0.717, 1.165) is 17.8 Å². The second kappa shape index (κ2) is 6.96. The van der Waals surface area contributed by atoms with Crippen LogP contribution in [0.2, 0.25) is 10.0 Å². The molecule has 4 nitrogen and oxygen atoms in total. The lowest BCUT2D eigenvalue weighted by Gasteiger charge is -2.09. The molecule has 0 atom stereocenters. The van der Waals surface area contributed by atoms with Crippen molar-refractivity contribution in [2.24, 2.45) is 0 Å². The van der Waals surface area contributed by atoms with Gasteiger partial charge in [-0.2, -0.15) is 5.10 Å². The number of aromatic nitrogens is 2. The second-order valence-corrected chi connectivity index (χ2v) is 5.30. The monoisotopic (exact) mass is 326 g/mol. The third-order valence-electron chi connectivity index (χ3n) is 3.00. The van der Waals surface area contributed by atoms with E-state index in [1.165, 1.54) is 6.20 Å². The van der Waals surface area contributed by atoms with Gasteiger partial charge in [0.25, 0.3) is 0 Å². The van der Waals surface area contributed by atoms with Crippen LogP contribution >= 0.6 is 23.2 Å². The van der Waals surface area contributed by atoms with Gasteiger partial charge >= 0.3 is 5.97 Å². The van der Waals surface area contributed by atoms with E-state index in [2.05, 4.69) is 5.10 Å². The summed E-state index contributed by atoms with van der Waals surface area (Å²) in [6, 6.07) is 5.25. The summed E-state index contributed by atoms with van der Waals surface area (Å²) in [4.78, 5) is 12.0. The molecule has 0 bridgehead atoms. The molecule has 0 saturated heterocycles. The highest BCUT2D eigenvalue weighted by atomic mass is 35.5. The Bertz CT molecular complexity index is 653. The Kier molecular flexibility index (Phi) is 5.26. The van der Waals surface area contributed by atoms with Gasteiger partial charge in [-0.3, -0.25) is 0 Å². The highest BCUT2D eigenvalue weighted by Gasteiger charge is 2.19. The summed E-state index contributed by atoms with van der Waals surface area (Å²) in [5, 5.41) is 5.22. The minimum absolute atomic E-state index is 0.336. The molecule has 112 valence electrons. The molecule has 1 aromatic carbocycles. The molecular weight excluding hydrogens is 311 g/mol. The van der Waals surface area contributed by atoms with Gasteiger partial charge in [-0.15, -0.1) is 0 Å². The van der Waals surface area contributed by atoms with Gasteiger partial charge < -0.3 is 4.74 Å². The van der Waals surface area contributed by atoms with Crippen LogP contribution in [0.25, 0.3) is 5.69 Å². The first-order chi connectivity index (χ1) is 10.1. The van der Waals surface area contributed by atoms with Crippen molar-refractivity contribution in [3.63, 3.8) is 0 Å². The van der Waals surface area contributed by atoms with Crippen molar-refractivity contribution in [1.82, 2.24) is 9.78 Å². The summed E-state index contributed by atoms with van der Waals surface area (Å²) in [6.07, 6.45) is 3.14. The average molecular weight is 327 g/mol. The van der Waals surface area contributed by atoms with E-state index >= 15 is 0 Å². The number of esters is 1. The number of carbonyl (C=O) groups excluding carboxylic acids is 1. The Morgan fingerprint density at radius 2 is 2.05 bits per heavy atom. The molecule has 0 saturated carbocycles. The lowest BCUT2D eigenvalue weighted by Crippen LogP contribution is -2.09. The number of nitrogens with zero attached hydrogens (tertiary/aromatic N) is 2. The van der Waals surface area contributed by atoms with Crippen molar-refractivity contribution in [2.45, 2.75) is 26.7 Å². The molecule has 0 unspecified atom stereocenters. The van der Waals surface area contributed by atoms with Crippen molar-refractivity contribution in [3.05, 3.63) is 45.7 Å². The smallest absolute Gasteiger partial charge is 0.341 e. The van der Waals surface area contributed by atoms with Crippen LogP contribution in [0.4, 0.5) is 0 Å². The number of benzene rings is 1. The van der Waals surface area contributed by atoms with Crippen molar-refractivity contribution in [2.75, 3.05) is 6.61 Å². The molecular formula is C15H16Cl2N2O2. The van der Waals surface area contributed by atoms with E-state index in [1.54, 1.807) is 23.7 Å². The van der Waals surface area contributed by atoms with Crippen LogP contribution in [-0.2, 0) is 11.2 Å². The molecule has 2 rings (SSSR count). The predicted molar refractivity (Wildman–Crippen MR) is 83.5 cm³/mol. The maximum atomic E-state index is 12.0. The quantitative estimate of drug-likeness (QED) is 0.769. The lowest BCUT2D eigenvalue weighted by molar-refractivity contribution is 0.0525. The van der Waals surface area contributed by atoms with Gasteiger partial charge in [0.2, 0.25) is 0 Å². The second-order valence-electron chi connectivity index (χ2n) is 4.49. The molecule has 0 amide bonds. The van der Waals surface area contributed by atoms with Gasteiger partial charge in [0.1, 0.15) is 5.56 Å². The first-order valence-corrected chi connectivity index (χ1v) is 7.53. The van der Waals surface area contributed by atoms with E-state index in [-0.39, 0.29) is 5.97 Å². The van der Waals surface area contributed by atoms with Crippen LogP contribution in [0.15, 0.2) is 24.4 Å². The van der Waals surface area contributed by atoms with E-state index in [1.807, 2.05) is 13.0 Å². The number of ether oxygens (including phenoxy) is 1. The van der Waals surface area contributed by atoms with Crippen LogP contribution in [0.1, 0.15) is 36.3 Å². The number of hydrogen-bond donors (Lipinski definition) is 0. The molecule has 1 aromatic heterocycles. The molecule has 0 radical (unpaired) electrons. The lowest BCUT2D eigenvalue weighted by atomic mass is 10.1. The zero-order valence-electron chi connectivity index (χ0n) is 11.9. The zero-order chi connectivity index (χ0) is 15.4. The maximum Gasteiger partial charge on any atom is 0.341 e. The largest absolute Gasteiger partial charge is 0.462 e. The normalized spacial score (nSPS) is 10.7. The highest BCUT2D eigenvalue weighted by molar-refractivity contribution is 6.42. The molecule has 21 heavy (non-hydrogen) atoms. The summed E-state index contributed by atoms with van der Waals surface area (Å²) in [5.41, 5.74) is 2.07. The fourth-order valence-electron chi connectivity index (χ4n) is 2.07. The van der Waals surface area contributed by atoms with Crippen LogP contribution in [0.3, 0.4) is 0 Å².